The standard InChI is InChI=1S/C17H24N2O4/c1-17(2,3)23-16(22)19-10-9-18(12-14(19)15(20)21)11-13-7-5-4-6-8-13/h4-8,14H,9-12H2,1-3H3,(H,20,21)/t14-/m0/s1. The smallest absolute Gasteiger partial charge is 0.411 e. The Kier molecular flexibility index (Phi) is 5.26. The summed E-state index contributed by atoms with van der Waals surface area (Å²) in [5.41, 5.74) is 0.490. The number of benzene rings is 1. The molecule has 126 valence electrons. The first kappa shape index (κ1) is 17.3. The van der Waals surface area contributed by atoms with Crippen LogP contribution in [0.1, 0.15) is 26.3 Å². The molecule has 1 heterocycles. The second-order valence-corrected chi connectivity index (χ2v) is 6.75. The monoisotopic (exact) mass is 320 g/mol. The van der Waals surface area contributed by atoms with Crippen molar-refractivity contribution in [2.75, 3.05) is 19.6 Å². The van der Waals surface area contributed by atoms with Gasteiger partial charge in [-0.3, -0.25) is 9.80 Å². The topological polar surface area (TPSA) is 70.1 Å². The van der Waals surface area contributed by atoms with Crippen LogP contribution < -0.4 is 0 Å². The van der Waals surface area contributed by atoms with Gasteiger partial charge in [0.25, 0.3) is 0 Å². The summed E-state index contributed by atoms with van der Waals surface area (Å²) >= 11 is 0. The van der Waals surface area contributed by atoms with Gasteiger partial charge in [0.05, 0.1) is 0 Å². The quantitative estimate of drug-likeness (QED) is 0.924. The Morgan fingerprint density at radius 3 is 2.43 bits per heavy atom. The molecule has 1 atom stereocenters. The van der Waals surface area contributed by atoms with E-state index in [1.807, 2.05) is 30.3 Å². The van der Waals surface area contributed by atoms with Crippen LogP contribution in [0.4, 0.5) is 4.79 Å². The van der Waals surface area contributed by atoms with E-state index in [4.69, 9.17) is 4.74 Å². The lowest BCUT2D eigenvalue weighted by atomic mass is 10.1. The molecule has 2 rings (SSSR count). The van der Waals surface area contributed by atoms with Gasteiger partial charge in [0.2, 0.25) is 0 Å². The fraction of sp³-hybridized carbons (Fsp3) is 0.529. The van der Waals surface area contributed by atoms with Crippen molar-refractivity contribution in [3.8, 4) is 0 Å². The molecule has 1 N–H and O–H groups in total. The highest BCUT2D eigenvalue weighted by Gasteiger charge is 2.37. The van der Waals surface area contributed by atoms with Crippen molar-refractivity contribution < 1.29 is 19.4 Å². The van der Waals surface area contributed by atoms with Crippen molar-refractivity contribution in [1.82, 2.24) is 9.80 Å². The molecular formula is C17H24N2O4. The lowest BCUT2D eigenvalue weighted by Gasteiger charge is -2.39. The third kappa shape index (κ3) is 4.96. The zero-order valence-corrected chi connectivity index (χ0v) is 13.9. The summed E-state index contributed by atoms with van der Waals surface area (Å²) in [6, 6.07) is 9.00. The molecule has 1 saturated heterocycles. The average Bonchev–Trinajstić information content (AvgIpc) is 2.46. The zero-order chi connectivity index (χ0) is 17.0. The summed E-state index contributed by atoms with van der Waals surface area (Å²) in [5, 5.41) is 9.46. The van der Waals surface area contributed by atoms with E-state index in [1.165, 1.54) is 4.90 Å². The molecule has 1 amide bonds. The number of hydrogen-bond donors (Lipinski definition) is 1. The highest BCUT2D eigenvalue weighted by Crippen LogP contribution is 2.17. The summed E-state index contributed by atoms with van der Waals surface area (Å²) in [7, 11) is 0. The van der Waals surface area contributed by atoms with Crippen LogP contribution in [-0.2, 0) is 16.1 Å². The Labute approximate surface area is 136 Å². The van der Waals surface area contributed by atoms with Gasteiger partial charge in [0, 0.05) is 26.2 Å². The number of rotatable bonds is 3. The summed E-state index contributed by atoms with van der Waals surface area (Å²) in [4.78, 5) is 27.1. The molecule has 23 heavy (non-hydrogen) atoms. The largest absolute Gasteiger partial charge is 0.480 e. The molecule has 0 spiro atoms. The number of amides is 1. The predicted octanol–water partition coefficient (Wildman–Crippen LogP) is 2.19. The summed E-state index contributed by atoms with van der Waals surface area (Å²) in [5.74, 6) is -1.01. The molecule has 6 nitrogen and oxygen atoms in total. The van der Waals surface area contributed by atoms with E-state index < -0.39 is 23.7 Å². The van der Waals surface area contributed by atoms with Gasteiger partial charge in [-0.05, 0) is 26.3 Å². The van der Waals surface area contributed by atoms with E-state index in [-0.39, 0.29) is 0 Å². The van der Waals surface area contributed by atoms with Gasteiger partial charge in [-0.1, -0.05) is 30.3 Å². The predicted molar refractivity (Wildman–Crippen MR) is 86.1 cm³/mol. The number of carbonyl (C=O) groups is 2. The third-order valence-corrected chi connectivity index (χ3v) is 3.63. The Hall–Kier alpha value is -2.08. The van der Waals surface area contributed by atoms with Gasteiger partial charge in [-0.15, -0.1) is 0 Å². The van der Waals surface area contributed by atoms with Crippen molar-refractivity contribution in [2.45, 2.75) is 39.0 Å². The van der Waals surface area contributed by atoms with Crippen molar-refractivity contribution in [3.05, 3.63) is 35.9 Å². The van der Waals surface area contributed by atoms with Gasteiger partial charge in [-0.2, -0.15) is 0 Å². The maximum absolute atomic E-state index is 12.2. The van der Waals surface area contributed by atoms with Crippen molar-refractivity contribution >= 4 is 12.1 Å². The second kappa shape index (κ2) is 7.00. The van der Waals surface area contributed by atoms with E-state index in [1.54, 1.807) is 20.8 Å². The number of carboxylic acid groups (broad SMARTS) is 1. The zero-order valence-electron chi connectivity index (χ0n) is 13.9. The van der Waals surface area contributed by atoms with E-state index >= 15 is 0 Å². The van der Waals surface area contributed by atoms with Crippen LogP contribution in [0.5, 0.6) is 0 Å². The first-order valence-electron chi connectivity index (χ1n) is 7.75. The van der Waals surface area contributed by atoms with Crippen LogP contribution in [0.3, 0.4) is 0 Å². The Morgan fingerprint density at radius 1 is 1.22 bits per heavy atom. The number of aliphatic carboxylic acids is 1. The molecule has 1 aliphatic rings. The van der Waals surface area contributed by atoms with E-state index in [9.17, 15) is 14.7 Å². The fourth-order valence-electron chi connectivity index (χ4n) is 2.58. The minimum Gasteiger partial charge on any atom is -0.480 e. The maximum atomic E-state index is 12.2. The molecule has 1 fully saturated rings. The first-order chi connectivity index (χ1) is 10.8. The van der Waals surface area contributed by atoms with E-state index in [0.717, 1.165) is 5.56 Å². The number of nitrogens with zero attached hydrogens (tertiary/aromatic N) is 2. The first-order valence-corrected chi connectivity index (χ1v) is 7.75. The normalized spacial score (nSPS) is 19.4. The molecule has 0 bridgehead atoms. The molecule has 0 saturated carbocycles. The SMILES string of the molecule is CC(C)(C)OC(=O)N1CCN(Cc2ccccc2)C[C@H]1C(=O)O. The van der Waals surface area contributed by atoms with Crippen LogP contribution in [0.15, 0.2) is 30.3 Å². The van der Waals surface area contributed by atoms with Crippen LogP contribution in [-0.4, -0.2) is 58.2 Å². The number of carboxylic acids is 1. The highest BCUT2D eigenvalue weighted by molar-refractivity contribution is 5.80. The Morgan fingerprint density at radius 2 is 1.87 bits per heavy atom. The van der Waals surface area contributed by atoms with Gasteiger partial charge in [0.1, 0.15) is 11.6 Å². The average molecular weight is 320 g/mol. The van der Waals surface area contributed by atoms with Crippen LogP contribution in [0.25, 0.3) is 0 Å². The molecule has 1 aromatic carbocycles. The lowest BCUT2D eigenvalue weighted by Crippen LogP contribution is -2.58. The number of ether oxygens (including phenoxy) is 1. The van der Waals surface area contributed by atoms with Gasteiger partial charge in [-0.25, -0.2) is 9.59 Å². The maximum Gasteiger partial charge on any atom is 0.411 e. The minimum absolute atomic E-state index is 0.295. The summed E-state index contributed by atoms with van der Waals surface area (Å²) in [6.45, 7) is 7.25. The molecular weight excluding hydrogens is 296 g/mol. The van der Waals surface area contributed by atoms with Crippen molar-refractivity contribution in [1.29, 1.82) is 0 Å². The Balaban J connectivity index is 2.03. The molecule has 0 aromatic heterocycles. The van der Waals surface area contributed by atoms with Crippen LogP contribution in [0.2, 0.25) is 0 Å². The molecule has 6 heteroatoms. The van der Waals surface area contributed by atoms with Gasteiger partial charge >= 0.3 is 12.1 Å². The van der Waals surface area contributed by atoms with Gasteiger partial charge < -0.3 is 9.84 Å². The second-order valence-electron chi connectivity index (χ2n) is 6.75. The summed E-state index contributed by atoms with van der Waals surface area (Å²) in [6.07, 6.45) is -0.565. The highest BCUT2D eigenvalue weighted by atomic mass is 16.6. The number of carbonyl (C=O) groups excluding carboxylic acids is 1. The molecule has 0 radical (unpaired) electrons. The molecule has 0 aliphatic carbocycles. The summed E-state index contributed by atoms with van der Waals surface area (Å²) < 4.78 is 5.32. The van der Waals surface area contributed by atoms with Crippen molar-refractivity contribution in [2.24, 2.45) is 0 Å². The molecule has 1 aliphatic heterocycles. The van der Waals surface area contributed by atoms with Crippen LogP contribution in [0, 0.1) is 0 Å². The lowest BCUT2D eigenvalue weighted by molar-refractivity contribution is -0.145. The minimum atomic E-state index is -1.01. The fourth-order valence-corrected chi connectivity index (χ4v) is 2.58. The number of hydrogen-bond acceptors (Lipinski definition) is 4. The molecule has 1 aromatic rings. The van der Waals surface area contributed by atoms with Crippen molar-refractivity contribution in [3.63, 3.8) is 0 Å². The number of piperazine rings is 1. The van der Waals surface area contributed by atoms with Crippen LogP contribution >= 0.6 is 0 Å². The Bertz CT molecular complexity index is 553. The molecule has 0 unspecified atom stereocenters. The van der Waals surface area contributed by atoms with E-state index in [2.05, 4.69) is 4.90 Å². The third-order valence-electron chi connectivity index (χ3n) is 3.63. The van der Waals surface area contributed by atoms with E-state index in [0.29, 0.717) is 26.2 Å². The van der Waals surface area contributed by atoms with Gasteiger partial charge in [0.15, 0.2) is 0 Å².